The van der Waals surface area contributed by atoms with Crippen LogP contribution in [0.3, 0.4) is 0 Å². The largest absolute Gasteiger partial charge is 0.469 e. The summed E-state index contributed by atoms with van der Waals surface area (Å²) in [6.45, 7) is 8.89. The van der Waals surface area contributed by atoms with Crippen molar-refractivity contribution in [2.45, 2.75) is 96.1 Å². The predicted molar refractivity (Wildman–Crippen MR) is 85.7 cm³/mol. The maximum atomic E-state index is 11.5. The Balaban J connectivity index is 1.94. The van der Waals surface area contributed by atoms with E-state index in [2.05, 4.69) is 27.7 Å². The van der Waals surface area contributed by atoms with Gasteiger partial charge in [0, 0.05) is 0 Å². The van der Waals surface area contributed by atoms with Gasteiger partial charge in [-0.25, -0.2) is 0 Å². The van der Waals surface area contributed by atoms with Crippen LogP contribution in [0.5, 0.6) is 0 Å². The molecule has 2 heterocycles. The van der Waals surface area contributed by atoms with Gasteiger partial charge in [0.05, 0.1) is 19.1 Å². The van der Waals surface area contributed by atoms with Gasteiger partial charge in [0.25, 0.3) is 0 Å². The fourth-order valence-electron chi connectivity index (χ4n) is 3.97. The summed E-state index contributed by atoms with van der Waals surface area (Å²) in [5.74, 6) is 0.482. The zero-order chi connectivity index (χ0) is 16.4. The molecule has 0 saturated carbocycles. The van der Waals surface area contributed by atoms with Crippen molar-refractivity contribution in [1.29, 1.82) is 0 Å². The van der Waals surface area contributed by atoms with Crippen molar-refractivity contribution in [2.75, 3.05) is 7.11 Å². The van der Waals surface area contributed by atoms with Crippen molar-refractivity contribution in [1.82, 2.24) is 0 Å². The first-order valence-electron chi connectivity index (χ1n) is 8.90. The highest BCUT2D eigenvalue weighted by Crippen LogP contribution is 2.60. The monoisotopic (exact) mass is 312 g/mol. The Kier molecular flexibility index (Phi) is 5.54. The van der Waals surface area contributed by atoms with E-state index < -0.39 is 0 Å². The van der Waals surface area contributed by atoms with E-state index >= 15 is 0 Å². The van der Waals surface area contributed by atoms with Crippen molar-refractivity contribution in [3.05, 3.63) is 0 Å². The Morgan fingerprint density at radius 1 is 1.23 bits per heavy atom. The molecule has 5 atom stereocenters. The van der Waals surface area contributed by atoms with E-state index in [1.807, 2.05) is 0 Å². The first-order chi connectivity index (χ1) is 10.5. The third-order valence-corrected chi connectivity index (χ3v) is 5.54. The van der Waals surface area contributed by atoms with Crippen LogP contribution in [0.1, 0.15) is 72.6 Å². The number of epoxide rings is 2. The van der Waals surface area contributed by atoms with E-state index in [4.69, 9.17) is 14.2 Å². The number of esters is 1. The molecule has 2 saturated heterocycles. The summed E-state index contributed by atoms with van der Waals surface area (Å²) in [7, 11) is 1.43. The van der Waals surface area contributed by atoms with Crippen LogP contribution in [0.2, 0.25) is 0 Å². The van der Waals surface area contributed by atoms with Gasteiger partial charge in [-0.1, -0.05) is 47.0 Å². The summed E-state index contributed by atoms with van der Waals surface area (Å²) < 4.78 is 16.9. The first kappa shape index (κ1) is 17.7. The number of carbonyl (C=O) groups excluding carboxylic acids is 1. The summed E-state index contributed by atoms with van der Waals surface area (Å²) in [5.41, 5.74) is -0.289. The maximum Gasteiger partial charge on any atom is 0.308 e. The zero-order valence-corrected chi connectivity index (χ0v) is 14.8. The molecule has 0 aromatic heterocycles. The van der Waals surface area contributed by atoms with E-state index in [1.54, 1.807) is 0 Å². The maximum absolute atomic E-state index is 11.5. The number of hydrogen-bond acceptors (Lipinski definition) is 4. The lowest BCUT2D eigenvalue weighted by Gasteiger charge is -2.18. The number of hydrogen-bond donors (Lipinski definition) is 0. The van der Waals surface area contributed by atoms with Crippen LogP contribution in [-0.2, 0) is 19.0 Å². The Labute approximate surface area is 134 Å². The average molecular weight is 312 g/mol. The second kappa shape index (κ2) is 6.88. The topological polar surface area (TPSA) is 51.4 Å². The van der Waals surface area contributed by atoms with E-state index in [0.717, 1.165) is 19.3 Å². The molecule has 22 heavy (non-hydrogen) atoms. The number of ether oxygens (including phenoxy) is 3. The van der Waals surface area contributed by atoms with Gasteiger partial charge in [0.2, 0.25) is 0 Å². The minimum absolute atomic E-state index is 0.0330. The Morgan fingerprint density at radius 3 is 2.50 bits per heavy atom. The van der Waals surface area contributed by atoms with Gasteiger partial charge in [-0.2, -0.15) is 0 Å². The highest BCUT2D eigenvalue weighted by molar-refractivity contribution is 5.70. The van der Waals surface area contributed by atoms with Crippen LogP contribution in [0.4, 0.5) is 0 Å². The summed E-state index contributed by atoms with van der Waals surface area (Å²) in [6.07, 6.45) is 7.26. The molecule has 4 nitrogen and oxygen atoms in total. The highest BCUT2D eigenvalue weighted by Gasteiger charge is 2.74. The highest BCUT2D eigenvalue weighted by atomic mass is 16.7. The SMILES string of the molecule is CCCCC(C)C[C@@]1(CC)O[C@@H]1[C@@]1(CC)O[C@H]1CC(=O)OC. The lowest BCUT2D eigenvalue weighted by molar-refractivity contribution is -0.140. The lowest BCUT2D eigenvalue weighted by Crippen LogP contribution is -2.31. The molecule has 0 bridgehead atoms. The fraction of sp³-hybridized carbons (Fsp3) is 0.944. The van der Waals surface area contributed by atoms with Crippen LogP contribution in [0, 0.1) is 5.92 Å². The number of rotatable bonds is 10. The van der Waals surface area contributed by atoms with Crippen molar-refractivity contribution < 1.29 is 19.0 Å². The second-order valence-corrected chi connectivity index (χ2v) is 7.06. The molecular weight excluding hydrogens is 280 g/mol. The predicted octanol–water partition coefficient (Wildman–Crippen LogP) is 3.86. The summed E-state index contributed by atoms with van der Waals surface area (Å²) in [6, 6.07) is 0. The standard InChI is InChI=1S/C18H32O4/c1-6-9-10-13(4)12-17(7-2)16(22-17)18(8-3)14(21-18)11-15(19)20-5/h13-14,16H,6-12H2,1-5H3/t13?,14-,16-,17+,18-/m0/s1. The molecular formula is C18H32O4. The van der Waals surface area contributed by atoms with Crippen LogP contribution >= 0.6 is 0 Å². The lowest BCUT2D eigenvalue weighted by atomic mass is 9.81. The third kappa shape index (κ3) is 3.33. The molecule has 2 aliphatic rings. The van der Waals surface area contributed by atoms with Crippen molar-refractivity contribution in [2.24, 2.45) is 5.92 Å². The van der Waals surface area contributed by atoms with Gasteiger partial charge in [-0.3, -0.25) is 4.79 Å². The van der Waals surface area contributed by atoms with Crippen LogP contribution < -0.4 is 0 Å². The molecule has 0 aromatic carbocycles. The van der Waals surface area contributed by atoms with Crippen molar-refractivity contribution >= 4 is 5.97 Å². The van der Waals surface area contributed by atoms with Gasteiger partial charge < -0.3 is 14.2 Å². The molecule has 1 unspecified atom stereocenters. The smallest absolute Gasteiger partial charge is 0.308 e. The average Bonchev–Trinajstić information content (AvgIpc) is 3.40. The molecule has 2 aliphatic heterocycles. The second-order valence-electron chi connectivity index (χ2n) is 7.06. The molecule has 2 rings (SSSR count). The Bertz CT molecular complexity index is 397. The van der Waals surface area contributed by atoms with Crippen LogP contribution in [-0.4, -0.2) is 36.5 Å². The molecule has 0 aliphatic carbocycles. The normalized spacial score (nSPS) is 37.7. The van der Waals surface area contributed by atoms with E-state index in [1.165, 1.54) is 26.4 Å². The first-order valence-corrected chi connectivity index (χ1v) is 8.90. The van der Waals surface area contributed by atoms with E-state index in [-0.39, 0.29) is 29.4 Å². The molecule has 0 radical (unpaired) electrons. The summed E-state index contributed by atoms with van der Waals surface area (Å²) in [5, 5.41) is 0. The number of unbranched alkanes of at least 4 members (excludes halogenated alkanes) is 1. The van der Waals surface area contributed by atoms with Gasteiger partial charge in [0.1, 0.15) is 17.8 Å². The minimum Gasteiger partial charge on any atom is -0.469 e. The third-order valence-electron chi connectivity index (χ3n) is 5.54. The van der Waals surface area contributed by atoms with Crippen LogP contribution in [0.25, 0.3) is 0 Å². The van der Waals surface area contributed by atoms with Gasteiger partial charge in [0.15, 0.2) is 0 Å². The number of carbonyl (C=O) groups is 1. The molecule has 0 aromatic rings. The van der Waals surface area contributed by atoms with Gasteiger partial charge >= 0.3 is 5.97 Å². The molecule has 0 spiro atoms. The van der Waals surface area contributed by atoms with Gasteiger partial charge in [-0.05, 0) is 25.2 Å². The number of methoxy groups -OCH3 is 1. The van der Waals surface area contributed by atoms with Crippen molar-refractivity contribution in [3.63, 3.8) is 0 Å². The molecule has 4 heteroatoms. The zero-order valence-electron chi connectivity index (χ0n) is 14.8. The fourth-order valence-corrected chi connectivity index (χ4v) is 3.97. The molecule has 0 N–H and O–H groups in total. The van der Waals surface area contributed by atoms with Crippen molar-refractivity contribution in [3.8, 4) is 0 Å². The Hall–Kier alpha value is -0.610. The molecule has 128 valence electrons. The van der Waals surface area contributed by atoms with E-state index in [0.29, 0.717) is 12.3 Å². The van der Waals surface area contributed by atoms with Gasteiger partial charge in [-0.15, -0.1) is 0 Å². The summed E-state index contributed by atoms with van der Waals surface area (Å²) >= 11 is 0. The molecule has 2 fully saturated rings. The molecule has 0 amide bonds. The Morgan fingerprint density at radius 2 is 1.95 bits per heavy atom. The minimum atomic E-state index is -0.255. The summed E-state index contributed by atoms with van der Waals surface area (Å²) in [4.78, 5) is 11.5. The quantitative estimate of drug-likeness (QED) is 0.454. The van der Waals surface area contributed by atoms with Crippen LogP contribution in [0.15, 0.2) is 0 Å². The van der Waals surface area contributed by atoms with E-state index in [9.17, 15) is 4.79 Å².